The van der Waals surface area contributed by atoms with Crippen LogP contribution in [0.25, 0.3) is 0 Å². The summed E-state index contributed by atoms with van der Waals surface area (Å²) in [5, 5.41) is 0. The highest BCUT2D eigenvalue weighted by Crippen LogP contribution is 2.47. The first-order valence-electron chi connectivity index (χ1n) is 15.7. The number of nitrogens with zero attached hydrogens (tertiary/aromatic N) is 1. The fourth-order valence-electron chi connectivity index (χ4n) is 4.85. The molecule has 0 aromatic carbocycles. The van der Waals surface area contributed by atoms with Gasteiger partial charge in [0.05, 0.1) is 34.4 Å². The van der Waals surface area contributed by atoms with E-state index in [-0.39, 0.29) is 12.7 Å². The number of unbranched alkanes of at least 4 members (excludes halogenated alkanes) is 15. The average Bonchev–Trinajstić information content (AvgIpc) is 2.86. The van der Waals surface area contributed by atoms with E-state index in [0.717, 1.165) is 6.42 Å². The Bertz CT molecular complexity index is 593. The molecule has 0 saturated carbocycles. The molecule has 0 saturated heterocycles. The van der Waals surface area contributed by atoms with Crippen molar-refractivity contribution in [2.75, 3.05) is 48.1 Å². The van der Waals surface area contributed by atoms with Crippen molar-refractivity contribution in [2.24, 2.45) is 0 Å². The number of methoxy groups -OCH3 is 1. The smallest absolute Gasteiger partial charge is 0.193 e. The monoisotopic (exact) mass is 561 g/mol. The summed E-state index contributed by atoms with van der Waals surface area (Å²) in [6, 6.07) is 0. The molecular formula is C31H64NO5P. The van der Waals surface area contributed by atoms with E-state index < -0.39 is 13.4 Å². The van der Waals surface area contributed by atoms with Crippen molar-refractivity contribution in [3.05, 3.63) is 12.2 Å². The highest BCUT2D eigenvalue weighted by molar-refractivity contribution is 7.51. The fourth-order valence-corrected chi connectivity index (χ4v) is 6.69. The van der Waals surface area contributed by atoms with Gasteiger partial charge in [0.2, 0.25) is 0 Å². The van der Waals surface area contributed by atoms with Gasteiger partial charge < -0.3 is 27.9 Å². The predicted octanol–water partition coefficient (Wildman–Crippen LogP) is 8.24. The van der Waals surface area contributed by atoms with Gasteiger partial charge in [-0.1, -0.05) is 103 Å². The number of hydrogen-bond acceptors (Lipinski definition) is 5. The largest absolute Gasteiger partial charge is 0.774 e. The Morgan fingerprint density at radius 1 is 0.737 bits per heavy atom. The van der Waals surface area contributed by atoms with Gasteiger partial charge in [-0.2, -0.15) is 0 Å². The van der Waals surface area contributed by atoms with Crippen molar-refractivity contribution in [3.8, 4) is 0 Å². The van der Waals surface area contributed by atoms with Crippen LogP contribution in [0.15, 0.2) is 12.2 Å². The lowest BCUT2D eigenvalue weighted by molar-refractivity contribution is -0.884. The molecule has 38 heavy (non-hydrogen) atoms. The predicted molar refractivity (Wildman–Crippen MR) is 161 cm³/mol. The van der Waals surface area contributed by atoms with Crippen molar-refractivity contribution < 1.29 is 27.9 Å². The molecule has 0 fully saturated rings. The molecule has 2 unspecified atom stereocenters. The Hall–Kier alpha value is -0.230. The second-order valence-electron chi connectivity index (χ2n) is 11.8. The highest BCUT2D eigenvalue weighted by atomic mass is 31.2. The third-order valence-electron chi connectivity index (χ3n) is 7.25. The van der Waals surface area contributed by atoms with Crippen molar-refractivity contribution >= 4 is 7.60 Å². The summed E-state index contributed by atoms with van der Waals surface area (Å²) in [6.07, 6.45) is 27.2. The van der Waals surface area contributed by atoms with Crippen LogP contribution in [-0.2, 0) is 18.6 Å². The summed E-state index contributed by atoms with van der Waals surface area (Å²) in [5.74, 6) is -0.567. The van der Waals surface area contributed by atoms with E-state index in [2.05, 4.69) is 19.1 Å². The summed E-state index contributed by atoms with van der Waals surface area (Å²) in [6.45, 7) is 5.18. The van der Waals surface area contributed by atoms with Crippen LogP contribution < -0.4 is 4.89 Å². The fraction of sp³-hybridized carbons (Fsp3) is 0.935. The van der Waals surface area contributed by atoms with E-state index in [9.17, 15) is 9.46 Å². The second kappa shape index (κ2) is 24.6. The SMILES string of the molecule is CCCCCCCC/C=C\CCCCCCCCCCCOC[C@H](COP(=O)([O-])C(CC)[N+](C)(C)C)OC. The molecule has 0 radical (unpaired) electrons. The van der Waals surface area contributed by atoms with E-state index in [1.165, 1.54) is 103 Å². The summed E-state index contributed by atoms with van der Waals surface area (Å²) in [7, 11) is 3.19. The van der Waals surface area contributed by atoms with Gasteiger partial charge in [0.25, 0.3) is 0 Å². The van der Waals surface area contributed by atoms with Crippen LogP contribution in [0.3, 0.4) is 0 Å². The molecule has 228 valence electrons. The molecule has 0 aromatic heterocycles. The molecule has 0 aliphatic rings. The van der Waals surface area contributed by atoms with Crippen LogP contribution in [0, 0.1) is 0 Å². The summed E-state index contributed by atoms with van der Waals surface area (Å²) in [4.78, 5) is 12.6. The zero-order valence-electron chi connectivity index (χ0n) is 26.1. The first kappa shape index (κ1) is 37.8. The Kier molecular flexibility index (Phi) is 24.4. The summed E-state index contributed by atoms with van der Waals surface area (Å²) >= 11 is 0. The molecule has 0 spiro atoms. The Morgan fingerprint density at radius 3 is 1.66 bits per heavy atom. The topological polar surface area (TPSA) is 67.8 Å². The molecular weight excluding hydrogens is 497 g/mol. The van der Waals surface area contributed by atoms with Crippen molar-refractivity contribution in [1.82, 2.24) is 0 Å². The van der Waals surface area contributed by atoms with Gasteiger partial charge in [0.15, 0.2) is 13.4 Å². The van der Waals surface area contributed by atoms with E-state index in [1.54, 1.807) is 7.11 Å². The van der Waals surface area contributed by atoms with Gasteiger partial charge in [-0.3, -0.25) is 0 Å². The molecule has 7 heteroatoms. The molecule has 0 heterocycles. The minimum Gasteiger partial charge on any atom is -0.774 e. The van der Waals surface area contributed by atoms with E-state index >= 15 is 0 Å². The molecule has 0 N–H and O–H groups in total. The molecule has 0 aromatic rings. The second-order valence-corrected chi connectivity index (χ2v) is 13.7. The third kappa shape index (κ3) is 21.6. The molecule has 0 amide bonds. The zero-order valence-corrected chi connectivity index (χ0v) is 27.0. The normalized spacial score (nSPS) is 15.7. The third-order valence-corrected chi connectivity index (χ3v) is 9.55. The Balaban J connectivity index is 3.59. The minimum absolute atomic E-state index is 0.00323. The van der Waals surface area contributed by atoms with Gasteiger partial charge >= 0.3 is 0 Å². The highest BCUT2D eigenvalue weighted by Gasteiger charge is 2.34. The number of rotatable bonds is 28. The summed E-state index contributed by atoms with van der Waals surface area (Å²) < 4.78 is 29.3. The van der Waals surface area contributed by atoms with Crippen LogP contribution in [0.2, 0.25) is 0 Å². The van der Waals surface area contributed by atoms with Crippen molar-refractivity contribution in [2.45, 2.75) is 141 Å². The first-order valence-corrected chi connectivity index (χ1v) is 17.3. The lowest BCUT2D eigenvalue weighted by Crippen LogP contribution is -2.47. The molecule has 3 atom stereocenters. The summed E-state index contributed by atoms with van der Waals surface area (Å²) in [5.41, 5.74) is 0. The number of ether oxygens (including phenoxy) is 2. The Morgan fingerprint density at radius 2 is 1.21 bits per heavy atom. The quantitative estimate of drug-likeness (QED) is 0.0416. The lowest BCUT2D eigenvalue weighted by Gasteiger charge is -2.41. The van der Waals surface area contributed by atoms with Gasteiger partial charge in [0, 0.05) is 20.1 Å². The maximum atomic E-state index is 12.6. The van der Waals surface area contributed by atoms with Crippen LogP contribution >= 0.6 is 7.60 Å². The van der Waals surface area contributed by atoms with Crippen LogP contribution in [0.4, 0.5) is 0 Å². The maximum absolute atomic E-state index is 12.6. The first-order chi connectivity index (χ1) is 18.2. The number of allylic oxidation sites excluding steroid dienone is 2. The minimum atomic E-state index is -3.99. The van der Waals surface area contributed by atoms with Crippen molar-refractivity contribution in [3.63, 3.8) is 0 Å². The molecule has 0 bridgehead atoms. The number of hydrogen-bond donors (Lipinski definition) is 0. The maximum Gasteiger partial charge on any atom is 0.193 e. The molecule has 0 rings (SSSR count). The van der Waals surface area contributed by atoms with E-state index in [4.69, 9.17) is 14.0 Å². The van der Waals surface area contributed by atoms with Crippen LogP contribution in [-0.4, -0.2) is 64.4 Å². The van der Waals surface area contributed by atoms with E-state index in [0.29, 0.717) is 24.1 Å². The van der Waals surface area contributed by atoms with Gasteiger partial charge in [-0.25, -0.2) is 0 Å². The van der Waals surface area contributed by atoms with Crippen LogP contribution in [0.5, 0.6) is 0 Å². The van der Waals surface area contributed by atoms with Gasteiger partial charge in [0.1, 0.15) is 6.10 Å². The van der Waals surface area contributed by atoms with E-state index in [1.807, 2.05) is 28.1 Å². The van der Waals surface area contributed by atoms with Crippen LogP contribution in [0.1, 0.15) is 129 Å². The van der Waals surface area contributed by atoms with Gasteiger partial charge in [-0.15, -0.1) is 0 Å². The number of quaternary nitrogens is 1. The Labute approximate surface area is 237 Å². The van der Waals surface area contributed by atoms with Gasteiger partial charge in [-0.05, 0) is 32.1 Å². The van der Waals surface area contributed by atoms with Crippen molar-refractivity contribution in [1.29, 1.82) is 0 Å². The average molecular weight is 562 g/mol. The molecule has 0 aliphatic heterocycles. The molecule has 0 aliphatic carbocycles. The molecule has 6 nitrogen and oxygen atoms in total. The zero-order chi connectivity index (χ0) is 28.5. The standard InChI is InChI=1S/C31H64NO5P/c1-7-9-10-11-12-13-14-15-16-17-18-19-20-21-22-23-24-25-26-27-36-28-30(35-6)29-37-38(33,34)31(8-2)32(3,4)5/h15-16,30-31H,7-14,17-29H2,1-6H3/b16-15-/t30-,31?/m1/s1. The lowest BCUT2D eigenvalue weighted by atomic mass is 10.1.